The number of furan rings is 1. The smallest absolute Gasteiger partial charge is 0.135 e. The molecule has 602 valence electrons. The monoisotopic (exact) mass is 1680 g/mol. The van der Waals surface area contributed by atoms with Gasteiger partial charge in [-0.15, -0.1) is 34.0 Å². The fourth-order valence-corrected chi connectivity index (χ4v) is 24.5. The zero-order valence-electron chi connectivity index (χ0n) is 70.3. The van der Waals surface area contributed by atoms with E-state index in [2.05, 4.69) is 460 Å². The van der Waals surface area contributed by atoms with Crippen LogP contribution in [-0.4, -0.2) is 0 Å². The molecular weight excluding hydrogens is 1610 g/mol. The van der Waals surface area contributed by atoms with Gasteiger partial charge < -0.3 is 14.2 Å². The van der Waals surface area contributed by atoms with Crippen LogP contribution in [0.2, 0.25) is 0 Å². The molecule has 6 heteroatoms. The van der Waals surface area contributed by atoms with Crippen LogP contribution in [0, 0.1) is 6.92 Å². The molecule has 0 unspecified atom stereocenters. The van der Waals surface area contributed by atoms with Gasteiger partial charge in [-0.1, -0.05) is 327 Å². The number of aryl methyl sites for hydroxylation is 1. The van der Waals surface area contributed by atoms with Crippen molar-refractivity contribution in [2.75, 3.05) is 9.80 Å². The highest BCUT2D eigenvalue weighted by molar-refractivity contribution is 7.27. The Balaban J connectivity index is 0.000000139. The van der Waals surface area contributed by atoms with Crippen molar-refractivity contribution in [3.05, 3.63) is 493 Å². The van der Waals surface area contributed by atoms with Crippen LogP contribution in [0.4, 0.5) is 34.1 Å². The van der Waals surface area contributed by atoms with Crippen molar-refractivity contribution in [2.24, 2.45) is 0 Å². The zero-order valence-corrected chi connectivity index (χ0v) is 72.7. The fourth-order valence-electron chi connectivity index (χ4n) is 21.0. The first-order valence-corrected chi connectivity index (χ1v) is 46.4. The molecule has 24 aromatic rings. The van der Waals surface area contributed by atoms with E-state index in [4.69, 9.17) is 4.42 Å². The zero-order chi connectivity index (χ0) is 84.7. The molecule has 0 radical (unpaired) electrons. The van der Waals surface area contributed by atoms with Crippen molar-refractivity contribution in [3.63, 3.8) is 0 Å². The molecule has 20 aromatic carbocycles. The van der Waals surface area contributed by atoms with Crippen LogP contribution in [-0.2, 0) is 10.8 Å². The van der Waals surface area contributed by atoms with Crippen LogP contribution in [0.1, 0.15) is 51.4 Å². The summed E-state index contributed by atoms with van der Waals surface area (Å²) in [6.07, 6.45) is 0. The predicted molar refractivity (Wildman–Crippen MR) is 547 cm³/mol. The quantitative estimate of drug-likeness (QED) is 0.115. The summed E-state index contributed by atoms with van der Waals surface area (Å²) in [6, 6.07) is 166. The number of hydrogen-bond donors (Lipinski definition) is 0. The van der Waals surface area contributed by atoms with Gasteiger partial charge in [0.1, 0.15) is 11.2 Å². The summed E-state index contributed by atoms with van der Waals surface area (Å²) < 4.78 is 14.1. The van der Waals surface area contributed by atoms with Gasteiger partial charge in [0.05, 0.1) is 5.41 Å². The Morgan fingerprint density at radius 2 is 0.570 bits per heavy atom. The van der Waals surface area contributed by atoms with Gasteiger partial charge in [0.15, 0.2) is 0 Å². The summed E-state index contributed by atoms with van der Waals surface area (Å²) in [5, 5.41) is 12.6. The molecule has 4 heterocycles. The Hall–Kier alpha value is -15.3. The van der Waals surface area contributed by atoms with Gasteiger partial charge in [-0.05, 0) is 258 Å². The van der Waals surface area contributed by atoms with Gasteiger partial charge in [-0.2, -0.15) is 0 Å². The number of thiophene rings is 3. The molecule has 2 aliphatic carbocycles. The Morgan fingerprint density at radius 1 is 0.219 bits per heavy atom. The number of fused-ring (bicyclic) bond motifs is 19. The summed E-state index contributed by atoms with van der Waals surface area (Å²) in [4.78, 5) is 4.80. The molecule has 0 aliphatic heterocycles. The lowest BCUT2D eigenvalue weighted by atomic mass is 9.67. The van der Waals surface area contributed by atoms with Crippen LogP contribution < -0.4 is 9.80 Å². The van der Waals surface area contributed by atoms with E-state index < -0.39 is 5.41 Å². The maximum Gasteiger partial charge on any atom is 0.135 e. The number of benzene rings is 20. The van der Waals surface area contributed by atoms with Gasteiger partial charge in [0, 0.05) is 111 Å². The highest BCUT2D eigenvalue weighted by Crippen LogP contribution is 2.58. The third-order valence-corrected chi connectivity index (χ3v) is 30.8. The van der Waals surface area contributed by atoms with Gasteiger partial charge in [-0.3, -0.25) is 0 Å². The number of hydrogen-bond acceptors (Lipinski definition) is 6. The summed E-state index contributed by atoms with van der Waals surface area (Å²) >= 11 is 5.62. The van der Waals surface area contributed by atoms with Crippen LogP contribution in [0.3, 0.4) is 0 Å². The minimum Gasteiger partial charge on any atom is -0.456 e. The minimum absolute atomic E-state index is 0.263. The Kier molecular flexibility index (Phi) is 17.8. The molecule has 26 rings (SSSR count). The van der Waals surface area contributed by atoms with E-state index in [0.717, 1.165) is 67.2 Å². The number of para-hydroxylation sites is 1. The van der Waals surface area contributed by atoms with Gasteiger partial charge in [-0.25, -0.2) is 0 Å². The molecule has 0 atom stereocenters. The number of anilines is 6. The van der Waals surface area contributed by atoms with Crippen molar-refractivity contribution in [3.8, 4) is 66.8 Å². The Morgan fingerprint density at radius 3 is 1.12 bits per heavy atom. The van der Waals surface area contributed by atoms with Crippen LogP contribution in [0.15, 0.2) is 453 Å². The summed E-state index contributed by atoms with van der Waals surface area (Å²) in [5.41, 5.74) is 33.1. The lowest BCUT2D eigenvalue weighted by molar-refractivity contribution is 0.669. The first kappa shape index (κ1) is 75.3. The van der Waals surface area contributed by atoms with E-state index in [9.17, 15) is 0 Å². The third-order valence-electron chi connectivity index (χ3n) is 27.2. The van der Waals surface area contributed by atoms with Crippen LogP contribution >= 0.6 is 34.0 Å². The SMILES string of the molecule is CC1(c2ccc(N(c3ccc(-c4ccc5oc6ccccc6c5c4)cc3)c3ccc4cc(-c5cccc6c5sc5ccccc56)ccc4c3)cc2)c2ccccc2-c2ccccc21.Cc1ccc(C2(c3ccc(N(c4ccc(-c5ccc6sc7ccccc7c6c5)cc4)c4ccc(-c5cccc6c5sc5ccccc56)cc4)cc3)c3ccccc3-c3ccccc32)cc1. The van der Waals surface area contributed by atoms with Crippen LogP contribution in [0.5, 0.6) is 0 Å². The third kappa shape index (κ3) is 12.2. The lowest BCUT2D eigenvalue weighted by Crippen LogP contribution is -2.28. The first-order valence-electron chi connectivity index (χ1n) is 44.0. The van der Waals surface area contributed by atoms with Gasteiger partial charge in [0.25, 0.3) is 0 Å². The highest BCUT2D eigenvalue weighted by atomic mass is 32.1. The van der Waals surface area contributed by atoms with E-state index in [1.807, 2.05) is 46.1 Å². The van der Waals surface area contributed by atoms with E-state index in [-0.39, 0.29) is 5.41 Å². The highest BCUT2D eigenvalue weighted by Gasteiger charge is 2.46. The van der Waals surface area contributed by atoms with Crippen molar-refractivity contribution in [2.45, 2.75) is 24.7 Å². The van der Waals surface area contributed by atoms with E-state index >= 15 is 0 Å². The second kappa shape index (κ2) is 30.3. The molecule has 128 heavy (non-hydrogen) atoms. The Bertz CT molecular complexity index is 8430. The molecule has 0 N–H and O–H groups in total. The molecule has 4 aromatic heterocycles. The molecule has 0 fully saturated rings. The van der Waals surface area contributed by atoms with E-state index in [0.29, 0.717) is 0 Å². The van der Waals surface area contributed by atoms with Crippen molar-refractivity contribution >= 4 is 161 Å². The average molecular weight is 1690 g/mol. The normalized spacial score (nSPS) is 12.9. The summed E-state index contributed by atoms with van der Waals surface area (Å²) in [7, 11) is 0. The minimum atomic E-state index is -0.462. The molecule has 0 spiro atoms. The van der Waals surface area contributed by atoms with Gasteiger partial charge >= 0.3 is 0 Å². The van der Waals surface area contributed by atoms with Crippen molar-refractivity contribution in [1.82, 2.24) is 0 Å². The van der Waals surface area contributed by atoms with Crippen molar-refractivity contribution in [1.29, 1.82) is 0 Å². The maximum atomic E-state index is 6.16. The molecule has 2 aliphatic rings. The Labute approximate surface area is 754 Å². The first-order chi connectivity index (χ1) is 63.2. The molecule has 0 saturated heterocycles. The molecule has 0 amide bonds. The second-order valence-corrected chi connectivity index (χ2v) is 37.4. The predicted octanol–water partition coefficient (Wildman–Crippen LogP) is 35.1. The second-order valence-electron chi connectivity index (χ2n) is 34.3. The van der Waals surface area contributed by atoms with Gasteiger partial charge in [0.2, 0.25) is 0 Å². The summed E-state index contributed by atoms with van der Waals surface area (Å²) in [5.74, 6) is 0. The molecule has 3 nitrogen and oxygen atoms in total. The maximum absolute atomic E-state index is 6.16. The summed E-state index contributed by atoms with van der Waals surface area (Å²) in [6.45, 7) is 4.55. The van der Waals surface area contributed by atoms with E-state index in [1.54, 1.807) is 0 Å². The number of nitrogens with zero attached hydrogens (tertiary/aromatic N) is 2. The standard InChI is InChI=1S/C62H41NS2.C60H39NOS/c1-40-21-28-44(29-22-40)62(56-17-6-2-11-50(56)51-12-3-7-18-57(51)62)45-30-36-48(37-31-45)63(46-32-23-41(24-33-46)43-27-38-60-55(39-43)53-14-5-8-19-58(53)64-60)47-34-25-42(26-35-47)49-15-10-16-54-52-13-4-9-20-59(52)65-61(49)54;1-60(54-17-6-2-11-48(54)49-12-3-7-18-55(49)60)43-27-32-45(33-28-43)61(44-29-23-38(24-30-44)41-26-34-57-53(37-41)50-13-4-8-19-56(50)62-57)46-31-25-39-35-42(22-21-40(39)36-46)47-15-10-16-52-51-14-5-9-20-58(51)63-59(47)52/h2-39H,1H3;2-37H,1H3. The topological polar surface area (TPSA) is 19.6 Å². The number of rotatable bonds is 13. The largest absolute Gasteiger partial charge is 0.456 e. The average Bonchev–Trinajstić information content (AvgIpc) is 1.54. The van der Waals surface area contributed by atoms with Crippen LogP contribution in [0.25, 0.3) is 160 Å². The van der Waals surface area contributed by atoms with Crippen molar-refractivity contribution < 1.29 is 4.42 Å². The molecular formula is C122H80N2OS3. The molecule has 0 saturated carbocycles. The fraction of sp³-hybridized carbons (Fsp3) is 0.0328. The molecule has 0 bridgehead atoms. The lowest BCUT2D eigenvalue weighted by Gasteiger charge is -2.34. The van der Waals surface area contributed by atoms with E-state index in [1.165, 1.54) is 171 Å².